The minimum absolute atomic E-state index is 0.0635. The predicted molar refractivity (Wildman–Crippen MR) is 95.5 cm³/mol. The summed E-state index contributed by atoms with van der Waals surface area (Å²) in [5.74, 6) is 1.92. The van der Waals surface area contributed by atoms with E-state index in [1.165, 1.54) is 0 Å². The zero-order valence-electron chi connectivity index (χ0n) is 15.0. The zero-order chi connectivity index (χ0) is 17.9. The highest BCUT2D eigenvalue weighted by Crippen LogP contribution is 2.33. The van der Waals surface area contributed by atoms with E-state index in [2.05, 4.69) is 14.8 Å². The van der Waals surface area contributed by atoms with Crippen LogP contribution in [0, 0.1) is 0 Å². The van der Waals surface area contributed by atoms with Crippen molar-refractivity contribution in [1.29, 1.82) is 0 Å². The molecule has 2 aromatic rings. The van der Waals surface area contributed by atoms with Crippen molar-refractivity contribution in [1.82, 2.24) is 19.7 Å². The van der Waals surface area contributed by atoms with Gasteiger partial charge in [0.25, 0.3) is 0 Å². The minimum atomic E-state index is 0.0635. The standard InChI is InChI=1S/C19H24N4O3/c1-25-9-10-26-13-18(24)23-15-7-8-16(23)12-22-17(11-15)20-21-19(22)14-5-3-2-4-6-14/h2-6,15-16H,7-13H2,1H3/t15-,16+/m0/s1. The molecular weight excluding hydrogens is 332 g/mol. The van der Waals surface area contributed by atoms with Crippen LogP contribution >= 0.6 is 0 Å². The van der Waals surface area contributed by atoms with E-state index in [4.69, 9.17) is 9.47 Å². The first-order valence-electron chi connectivity index (χ1n) is 9.13. The first kappa shape index (κ1) is 17.2. The molecule has 0 spiro atoms. The Labute approximate surface area is 152 Å². The average Bonchev–Trinajstić information content (AvgIpc) is 3.19. The molecule has 4 rings (SSSR count). The maximum Gasteiger partial charge on any atom is 0.249 e. The van der Waals surface area contributed by atoms with E-state index < -0.39 is 0 Å². The number of nitrogens with zero attached hydrogens (tertiary/aromatic N) is 4. The molecule has 1 saturated heterocycles. The molecule has 7 heteroatoms. The second-order valence-corrected chi connectivity index (χ2v) is 6.85. The minimum Gasteiger partial charge on any atom is -0.382 e. The monoisotopic (exact) mass is 356 g/mol. The average molecular weight is 356 g/mol. The number of aromatic nitrogens is 3. The van der Waals surface area contributed by atoms with Crippen molar-refractivity contribution in [3.8, 4) is 11.4 Å². The lowest BCUT2D eigenvalue weighted by Crippen LogP contribution is -2.44. The van der Waals surface area contributed by atoms with Crippen molar-refractivity contribution in [2.45, 2.75) is 37.9 Å². The summed E-state index contributed by atoms with van der Waals surface area (Å²) in [6.45, 7) is 1.80. The van der Waals surface area contributed by atoms with Gasteiger partial charge in [0.05, 0.1) is 19.3 Å². The molecule has 1 fully saturated rings. The molecule has 26 heavy (non-hydrogen) atoms. The van der Waals surface area contributed by atoms with Crippen LogP contribution in [-0.4, -0.2) is 64.6 Å². The Kier molecular flexibility index (Phi) is 4.99. The number of rotatable bonds is 6. The van der Waals surface area contributed by atoms with Gasteiger partial charge in [0.2, 0.25) is 5.91 Å². The second-order valence-electron chi connectivity index (χ2n) is 6.85. The van der Waals surface area contributed by atoms with Gasteiger partial charge in [-0.25, -0.2) is 0 Å². The molecule has 0 N–H and O–H groups in total. The Bertz CT molecular complexity index is 761. The van der Waals surface area contributed by atoms with Gasteiger partial charge >= 0.3 is 0 Å². The maximum absolute atomic E-state index is 12.7. The lowest BCUT2D eigenvalue weighted by molar-refractivity contribution is -0.139. The highest BCUT2D eigenvalue weighted by atomic mass is 16.5. The van der Waals surface area contributed by atoms with Crippen LogP contribution in [0.1, 0.15) is 18.7 Å². The van der Waals surface area contributed by atoms with Gasteiger partial charge in [-0.3, -0.25) is 4.79 Å². The number of fused-ring (bicyclic) bond motifs is 3. The molecule has 2 atom stereocenters. The summed E-state index contributed by atoms with van der Waals surface area (Å²) in [6, 6.07) is 10.5. The van der Waals surface area contributed by atoms with Gasteiger partial charge in [-0.15, -0.1) is 10.2 Å². The van der Waals surface area contributed by atoms with Crippen LogP contribution in [-0.2, 0) is 27.2 Å². The third kappa shape index (κ3) is 3.24. The summed E-state index contributed by atoms with van der Waals surface area (Å²) >= 11 is 0. The summed E-state index contributed by atoms with van der Waals surface area (Å²) in [7, 11) is 1.63. The van der Waals surface area contributed by atoms with Gasteiger partial charge in [0, 0.05) is 31.7 Å². The second kappa shape index (κ2) is 7.55. The fourth-order valence-electron chi connectivity index (χ4n) is 4.02. The van der Waals surface area contributed by atoms with Crippen molar-refractivity contribution >= 4 is 5.91 Å². The molecule has 1 aromatic heterocycles. The van der Waals surface area contributed by atoms with Crippen molar-refractivity contribution in [2.75, 3.05) is 26.9 Å². The molecular formula is C19H24N4O3. The van der Waals surface area contributed by atoms with Gasteiger partial charge in [0.15, 0.2) is 5.82 Å². The topological polar surface area (TPSA) is 69.5 Å². The van der Waals surface area contributed by atoms with E-state index in [-0.39, 0.29) is 24.6 Å². The smallest absolute Gasteiger partial charge is 0.249 e. The number of benzene rings is 1. The number of hydrogen-bond acceptors (Lipinski definition) is 5. The molecule has 0 unspecified atom stereocenters. The molecule has 7 nitrogen and oxygen atoms in total. The molecule has 0 radical (unpaired) electrons. The van der Waals surface area contributed by atoms with Crippen LogP contribution in [0.25, 0.3) is 11.4 Å². The fraction of sp³-hybridized carbons (Fsp3) is 0.526. The van der Waals surface area contributed by atoms with Gasteiger partial charge in [-0.05, 0) is 12.8 Å². The first-order valence-corrected chi connectivity index (χ1v) is 9.13. The van der Waals surface area contributed by atoms with E-state index in [1.807, 2.05) is 35.2 Å². The van der Waals surface area contributed by atoms with E-state index >= 15 is 0 Å². The van der Waals surface area contributed by atoms with E-state index in [9.17, 15) is 4.79 Å². The SMILES string of the molecule is COCCOCC(=O)N1[C@@H]2CC[C@H]1Cc1nnc(-c3ccccc3)n1C2. The number of methoxy groups -OCH3 is 1. The predicted octanol–water partition coefficient (Wildman–Crippen LogP) is 1.52. The first-order chi connectivity index (χ1) is 12.8. The van der Waals surface area contributed by atoms with Crippen molar-refractivity contribution in [3.05, 3.63) is 36.2 Å². The highest BCUT2D eigenvalue weighted by molar-refractivity contribution is 5.78. The number of ether oxygens (including phenoxy) is 2. The largest absolute Gasteiger partial charge is 0.382 e. The summed E-state index contributed by atoms with van der Waals surface area (Å²) in [6.07, 6.45) is 2.78. The number of hydrogen-bond donors (Lipinski definition) is 0. The van der Waals surface area contributed by atoms with Crippen LogP contribution in [0.15, 0.2) is 30.3 Å². The quantitative estimate of drug-likeness (QED) is 0.734. The molecule has 3 heterocycles. The summed E-state index contributed by atoms with van der Waals surface area (Å²) in [5, 5.41) is 8.84. The van der Waals surface area contributed by atoms with E-state index in [0.717, 1.165) is 43.0 Å². The lowest BCUT2D eigenvalue weighted by atomic mass is 10.1. The van der Waals surface area contributed by atoms with Crippen LogP contribution in [0.5, 0.6) is 0 Å². The molecule has 138 valence electrons. The normalized spacial score (nSPS) is 21.5. The van der Waals surface area contributed by atoms with Gasteiger partial charge in [0.1, 0.15) is 12.4 Å². The molecule has 1 amide bonds. The third-order valence-electron chi connectivity index (χ3n) is 5.24. The van der Waals surface area contributed by atoms with Crippen LogP contribution in [0.4, 0.5) is 0 Å². The van der Waals surface area contributed by atoms with Crippen molar-refractivity contribution < 1.29 is 14.3 Å². The third-order valence-corrected chi connectivity index (χ3v) is 5.24. The number of carbonyl (C=O) groups is 1. The Hall–Kier alpha value is -2.25. The van der Waals surface area contributed by atoms with Gasteiger partial charge in [-0.1, -0.05) is 30.3 Å². The van der Waals surface area contributed by atoms with Crippen LogP contribution in [0.2, 0.25) is 0 Å². The molecule has 2 aliphatic rings. The highest BCUT2D eigenvalue weighted by Gasteiger charge is 2.41. The molecule has 0 saturated carbocycles. The number of carbonyl (C=O) groups excluding carboxylic acids is 1. The van der Waals surface area contributed by atoms with E-state index in [0.29, 0.717) is 13.2 Å². The molecule has 2 aliphatic heterocycles. The molecule has 1 aromatic carbocycles. The van der Waals surface area contributed by atoms with Gasteiger partial charge < -0.3 is 18.9 Å². The summed E-state index contributed by atoms with van der Waals surface area (Å²) in [5.41, 5.74) is 1.06. The van der Waals surface area contributed by atoms with Gasteiger partial charge in [-0.2, -0.15) is 0 Å². The lowest BCUT2D eigenvalue weighted by Gasteiger charge is -2.28. The summed E-state index contributed by atoms with van der Waals surface area (Å²) < 4.78 is 12.6. The number of amides is 1. The maximum atomic E-state index is 12.7. The Morgan fingerprint density at radius 1 is 1.15 bits per heavy atom. The summed E-state index contributed by atoms with van der Waals surface area (Å²) in [4.78, 5) is 14.7. The fourth-order valence-corrected chi connectivity index (χ4v) is 4.02. The molecule has 2 bridgehead atoms. The van der Waals surface area contributed by atoms with Crippen molar-refractivity contribution in [2.24, 2.45) is 0 Å². The van der Waals surface area contributed by atoms with Crippen molar-refractivity contribution in [3.63, 3.8) is 0 Å². The van der Waals surface area contributed by atoms with Crippen LogP contribution < -0.4 is 0 Å². The van der Waals surface area contributed by atoms with E-state index in [1.54, 1.807) is 7.11 Å². The zero-order valence-corrected chi connectivity index (χ0v) is 15.0. The Morgan fingerprint density at radius 2 is 1.96 bits per heavy atom. The Balaban J connectivity index is 1.52. The molecule has 0 aliphatic carbocycles. The van der Waals surface area contributed by atoms with Crippen LogP contribution in [0.3, 0.4) is 0 Å². The Morgan fingerprint density at radius 3 is 2.77 bits per heavy atom.